The first kappa shape index (κ1) is 15.2. The Kier molecular flexibility index (Phi) is 4.13. The minimum atomic E-state index is -0.411. The Morgan fingerprint density at radius 3 is 2.67 bits per heavy atom. The van der Waals surface area contributed by atoms with Gasteiger partial charge in [0, 0.05) is 38.0 Å². The summed E-state index contributed by atoms with van der Waals surface area (Å²) < 4.78 is 1.58. The fraction of sp³-hybridized carbons (Fsp3) is 0.385. The monoisotopic (exact) mass is 309 g/mol. The number of nitro groups is 1. The third kappa shape index (κ3) is 2.82. The van der Waals surface area contributed by atoms with Gasteiger partial charge in [-0.05, 0) is 19.9 Å². The number of hydrogen-bond acceptors (Lipinski definition) is 5. The minimum Gasteiger partial charge on any atom is -0.349 e. The Labute approximate surface area is 127 Å². The Balaban J connectivity index is 2.39. The van der Waals surface area contributed by atoms with E-state index in [1.54, 1.807) is 42.9 Å². The van der Waals surface area contributed by atoms with E-state index in [-0.39, 0.29) is 5.69 Å². The summed E-state index contributed by atoms with van der Waals surface area (Å²) >= 11 is 6.20. The molecular weight excluding hydrogens is 294 g/mol. The fourth-order valence-corrected chi connectivity index (χ4v) is 2.44. The number of halogens is 1. The smallest absolute Gasteiger partial charge is 0.314 e. The summed E-state index contributed by atoms with van der Waals surface area (Å²) in [5.41, 5.74) is 2.22. The Bertz CT molecular complexity index is 698. The van der Waals surface area contributed by atoms with E-state index < -0.39 is 4.92 Å². The van der Waals surface area contributed by atoms with Crippen molar-refractivity contribution in [1.29, 1.82) is 0 Å². The van der Waals surface area contributed by atoms with E-state index in [1.807, 2.05) is 6.92 Å². The summed E-state index contributed by atoms with van der Waals surface area (Å²) in [6, 6.07) is 1.62. The number of rotatable bonds is 4. The molecule has 2 rings (SSSR count). The molecule has 0 spiro atoms. The second-order valence-electron chi connectivity index (χ2n) is 4.89. The van der Waals surface area contributed by atoms with Crippen molar-refractivity contribution in [3.05, 3.63) is 44.4 Å². The molecule has 2 aromatic heterocycles. The second-order valence-corrected chi connectivity index (χ2v) is 5.25. The lowest BCUT2D eigenvalue weighted by Gasteiger charge is -2.18. The molecule has 0 radical (unpaired) electrons. The van der Waals surface area contributed by atoms with Crippen LogP contribution in [0.1, 0.15) is 16.8 Å². The molecule has 0 aromatic carbocycles. The highest BCUT2D eigenvalue weighted by Crippen LogP contribution is 2.30. The largest absolute Gasteiger partial charge is 0.349 e. The standard InChI is InChI=1S/C13H16ClN5O2/c1-8-5-6-15-13(11(8)19(20)21)17(3)7-10-9(2)16-18(4)12(10)14/h5-6H,7H2,1-4H3. The summed E-state index contributed by atoms with van der Waals surface area (Å²) in [6.45, 7) is 3.95. The van der Waals surface area contributed by atoms with Crippen LogP contribution < -0.4 is 4.90 Å². The molecule has 0 saturated heterocycles. The van der Waals surface area contributed by atoms with Crippen molar-refractivity contribution in [3.8, 4) is 0 Å². The van der Waals surface area contributed by atoms with Gasteiger partial charge in [0.25, 0.3) is 0 Å². The maximum atomic E-state index is 11.2. The first-order valence-corrected chi connectivity index (χ1v) is 6.69. The van der Waals surface area contributed by atoms with Crippen LogP contribution in [0.2, 0.25) is 5.15 Å². The van der Waals surface area contributed by atoms with Gasteiger partial charge in [0.15, 0.2) is 0 Å². The van der Waals surface area contributed by atoms with Crippen LogP contribution in [0.5, 0.6) is 0 Å². The molecule has 0 unspecified atom stereocenters. The van der Waals surface area contributed by atoms with Crippen molar-refractivity contribution in [2.75, 3.05) is 11.9 Å². The van der Waals surface area contributed by atoms with Gasteiger partial charge >= 0.3 is 5.69 Å². The molecule has 2 aromatic rings. The highest BCUT2D eigenvalue weighted by atomic mass is 35.5. The molecule has 0 fully saturated rings. The summed E-state index contributed by atoms with van der Waals surface area (Å²) in [4.78, 5) is 16.7. The van der Waals surface area contributed by atoms with Crippen LogP contribution in [0.4, 0.5) is 11.5 Å². The minimum absolute atomic E-state index is 0.0117. The normalized spacial score (nSPS) is 10.7. The second kappa shape index (κ2) is 5.69. The zero-order valence-electron chi connectivity index (χ0n) is 12.3. The summed E-state index contributed by atoms with van der Waals surface area (Å²) in [7, 11) is 3.50. The van der Waals surface area contributed by atoms with Crippen LogP contribution in [0, 0.1) is 24.0 Å². The molecule has 2 heterocycles. The van der Waals surface area contributed by atoms with Gasteiger partial charge in [-0.15, -0.1) is 0 Å². The van der Waals surface area contributed by atoms with Gasteiger partial charge in [0.05, 0.1) is 10.6 Å². The highest BCUT2D eigenvalue weighted by Gasteiger charge is 2.23. The predicted octanol–water partition coefficient (Wildman–Crippen LogP) is 2.63. The number of anilines is 1. The van der Waals surface area contributed by atoms with E-state index in [9.17, 15) is 10.1 Å². The van der Waals surface area contributed by atoms with Crippen LogP contribution in [0.15, 0.2) is 12.3 Å². The zero-order valence-corrected chi connectivity index (χ0v) is 13.0. The van der Waals surface area contributed by atoms with Gasteiger partial charge < -0.3 is 4.90 Å². The summed E-state index contributed by atoms with van der Waals surface area (Å²) in [5, 5.41) is 16.0. The quantitative estimate of drug-likeness (QED) is 0.641. The van der Waals surface area contributed by atoms with Crippen LogP contribution in [0.3, 0.4) is 0 Å². The Morgan fingerprint density at radius 2 is 2.14 bits per heavy atom. The Morgan fingerprint density at radius 1 is 1.48 bits per heavy atom. The van der Waals surface area contributed by atoms with Crippen molar-refractivity contribution < 1.29 is 4.92 Å². The zero-order chi connectivity index (χ0) is 15.7. The molecule has 0 aliphatic heterocycles. The molecule has 0 aliphatic rings. The molecule has 0 aliphatic carbocycles. The van der Waals surface area contributed by atoms with E-state index in [4.69, 9.17) is 11.6 Å². The number of aromatic nitrogens is 3. The molecule has 112 valence electrons. The molecule has 7 nitrogen and oxygen atoms in total. The SMILES string of the molecule is Cc1ccnc(N(C)Cc2c(C)nn(C)c2Cl)c1[N+](=O)[O-]. The molecule has 0 N–H and O–H groups in total. The van der Waals surface area contributed by atoms with Gasteiger partial charge in [-0.3, -0.25) is 14.8 Å². The van der Waals surface area contributed by atoms with Crippen LogP contribution in [-0.4, -0.2) is 26.7 Å². The number of hydrogen-bond donors (Lipinski definition) is 0. The third-order valence-electron chi connectivity index (χ3n) is 3.32. The molecule has 8 heteroatoms. The van der Waals surface area contributed by atoms with Crippen molar-refractivity contribution in [2.24, 2.45) is 7.05 Å². The molecule has 0 saturated carbocycles. The lowest BCUT2D eigenvalue weighted by atomic mass is 10.2. The summed E-state index contributed by atoms with van der Waals surface area (Å²) in [6.07, 6.45) is 1.56. The average Bonchev–Trinajstić information content (AvgIpc) is 2.64. The first-order valence-electron chi connectivity index (χ1n) is 6.32. The van der Waals surface area contributed by atoms with Gasteiger partial charge in [-0.25, -0.2) is 4.98 Å². The van der Waals surface area contributed by atoms with Crippen molar-refractivity contribution in [3.63, 3.8) is 0 Å². The molecular formula is C13H16ClN5O2. The number of aryl methyl sites for hydroxylation is 3. The van der Waals surface area contributed by atoms with E-state index >= 15 is 0 Å². The van der Waals surface area contributed by atoms with Crippen LogP contribution >= 0.6 is 11.6 Å². The van der Waals surface area contributed by atoms with Gasteiger partial charge in [0.1, 0.15) is 5.15 Å². The van der Waals surface area contributed by atoms with Crippen LogP contribution in [-0.2, 0) is 13.6 Å². The summed E-state index contributed by atoms with van der Waals surface area (Å²) in [5.74, 6) is 0.319. The van der Waals surface area contributed by atoms with E-state index in [0.717, 1.165) is 11.3 Å². The lowest BCUT2D eigenvalue weighted by Crippen LogP contribution is -2.20. The van der Waals surface area contributed by atoms with Gasteiger partial charge in [0.2, 0.25) is 5.82 Å². The van der Waals surface area contributed by atoms with Crippen molar-refractivity contribution in [1.82, 2.24) is 14.8 Å². The molecule has 0 amide bonds. The van der Waals surface area contributed by atoms with E-state index in [0.29, 0.717) is 23.1 Å². The van der Waals surface area contributed by atoms with Crippen LogP contribution in [0.25, 0.3) is 0 Å². The van der Waals surface area contributed by atoms with E-state index in [1.165, 1.54) is 0 Å². The molecule has 0 atom stereocenters. The van der Waals surface area contributed by atoms with Crippen molar-refractivity contribution in [2.45, 2.75) is 20.4 Å². The first-order chi connectivity index (χ1) is 9.82. The van der Waals surface area contributed by atoms with Gasteiger partial charge in [-0.1, -0.05) is 11.6 Å². The molecule has 0 bridgehead atoms. The van der Waals surface area contributed by atoms with Gasteiger partial charge in [-0.2, -0.15) is 5.10 Å². The number of nitrogens with zero attached hydrogens (tertiary/aromatic N) is 5. The topological polar surface area (TPSA) is 77.1 Å². The predicted molar refractivity (Wildman–Crippen MR) is 80.7 cm³/mol. The Hall–Kier alpha value is -2.15. The van der Waals surface area contributed by atoms with Crippen molar-refractivity contribution >= 4 is 23.1 Å². The fourth-order valence-electron chi connectivity index (χ4n) is 2.21. The maximum Gasteiger partial charge on any atom is 0.314 e. The number of pyridine rings is 1. The highest BCUT2D eigenvalue weighted by molar-refractivity contribution is 6.30. The average molecular weight is 310 g/mol. The third-order valence-corrected chi connectivity index (χ3v) is 3.79. The maximum absolute atomic E-state index is 11.2. The lowest BCUT2D eigenvalue weighted by molar-refractivity contribution is -0.384. The van der Waals surface area contributed by atoms with E-state index in [2.05, 4.69) is 10.1 Å². The molecule has 21 heavy (non-hydrogen) atoms.